The molecule has 2 atom stereocenters. The number of benzene rings is 1. The molecule has 3 rings (SSSR count). The Bertz CT molecular complexity index is 558. The van der Waals surface area contributed by atoms with Crippen molar-refractivity contribution in [2.45, 2.75) is 26.1 Å². The highest BCUT2D eigenvalue weighted by Gasteiger charge is 2.30. The zero-order chi connectivity index (χ0) is 16.2. The van der Waals surface area contributed by atoms with Gasteiger partial charge in [0.1, 0.15) is 0 Å². The van der Waals surface area contributed by atoms with E-state index in [2.05, 4.69) is 16.3 Å². The van der Waals surface area contributed by atoms with Gasteiger partial charge in [-0.3, -0.25) is 4.79 Å². The highest BCUT2D eigenvalue weighted by Crippen LogP contribution is 2.25. The highest BCUT2D eigenvalue weighted by atomic mass is 16.6. The largest absolute Gasteiger partial charge is 0.378 e. The molecule has 6 nitrogen and oxygen atoms in total. The van der Waals surface area contributed by atoms with Crippen LogP contribution < -0.4 is 10.2 Å². The van der Waals surface area contributed by atoms with Crippen molar-refractivity contribution >= 4 is 17.3 Å². The fourth-order valence-electron chi connectivity index (χ4n) is 2.89. The Morgan fingerprint density at radius 3 is 2.65 bits per heavy atom. The number of rotatable bonds is 3. The molecule has 0 radical (unpaired) electrons. The molecule has 0 unspecified atom stereocenters. The van der Waals surface area contributed by atoms with Crippen molar-refractivity contribution in [1.82, 2.24) is 0 Å². The highest BCUT2D eigenvalue weighted by molar-refractivity contribution is 5.95. The van der Waals surface area contributed by atoms with Crippen molar-refractivity contribution < 1.29 is 19.0 Å². The van der Waals surface area contributed by atoms with Crippen LogP contribution in [-0.2, 0) is 19.0 Å². The first kappa shape index (κ1) is 16.2. The van der Waals surface area contributed by atoms with Crippen LogP contribution in [0.25, 0.3) is 0 Å². The van der Waals surface area contributed by atoms with Crippen LogP contribution >= 0.6 is 0 Å². The van der Waals surface area contributed by atoms with E-state index in [-0.39, 0.29) is 12.0 Å². The second-order valence-electron chi connectivity index (χ2n) is 5.96. The van der Waals surface area contributed by atoms with Gasteiger partial charge in [-0.25, -0.2) is 0 Å². The van der Waals surface area contributed by atoms with Crippen LogP contribution in [0.4, 0.5) is 11.4 Å². The number of hydrogen-bond donors (Lipinski definition) is 1. The minimum Gasteiger partial charge on any atom is -0.378 e. The van der Waals surface area contributed by atoms with Crippen molar-refractivity contribution in [2.24, 2.45) is 0 Å². The number of carbonyl (C=O) groups excluding carboxylic acids is 1. The van der Waals surface area contributed by atoms with Crippen LogP contribution in [0.15, 0.2) is 18.2 Å². The number of carbonyl (C=O) groups is 1. The predicted octanol–water partition coefficient (Wildman–Crippen LogP) is 1.57. The van der Waals surface area contributed by atoms with Crippen molar-refractivity contribution in [3.63, 3.8) is 0 Å². The molecule has 1 amide bonds. The van der Waals surface area contributed by atoms with Gasteiger partial charge in [-0.05, 0) is 31.5 Å². The molecule has 1 aromatic rings. The SMILES string of the molecule is Cc1ccc(N2CCOCC2)cc1NC(=O)[C@H]1OCCO[C@H]1C. The van der Waals surface area contributed by atoms with E-state index in [0.717, 1.165) is 43.2 Å². The maximum atomic E-state index is 12.5. The molecule has 126 valence electrons. The summed E-state index contributed by atoms with van der Waals surface area (Å²) < 4.78 is 16.4. The molecule has 2 saturated heterocycles. The van der Waals surface area contributed by atoms with E-state index < -0.39 is 6.10 Å². The molecule has 0 aromatic heterocycles. The summed E-state index contributed by atoms with van der Waals surface area (Å²) >= 11 is 0. The lowest BCUT2D eigenvalue weighted by Crippen LogP contribution is -2.44. The van der Waals surface area contributed by atoms with E-state index in [1.807, 2.05) is 26.0 Å². The molecule has 1 aromatic carbocycles. The van der Waals surface area contributed by atoms with Gasteiger partial charge in [-0.2, -0.15) is 0 Å². The normalized spacial score (nSPS) is 25.2. The average molecular weight is 320 g/mol. The Morgan fingerprint density at radius 2 is 1.91 bits per heavy atom. The fraction of sp³-hybridized carbons (Fsp3) is 0.588. The molecule has 2 fully saturated rings. The standard InChI is InChI=1S/C17H24N2O4/c1-12-3-4-14(19-5-7-21-8-6-19)11-15(12)18-17(20)16-13(2)22-9-10-23-16/h3-4,11,13,16H,5-10H2,1-2H3,(H,18,20)/t13-,16-/m0/s1. The number of hydrogen-bond acceptors (Lipinski definition) is 5. The Labute approximate surface area is 136 Å². The van der Waals surface area contributed by atoms with Crippen LogP contribution in [0.3, 0.4) is 0 Å². The fourth-order valence-corrected chi connectivity index (χ4v) is 2.89. The van der Waals surface area contributed by atoms with Crippen molar-refractivity contribution in [2.75, 3.05) is 49.7 Å². The monoisotopic (exact) mass is 320 g/mol. The molecule has 0 saturated carbocycles. The summed E-state index contributed by atoms with van der Waals surface area (Å²) in [5, 5.41) is 2.99. The van der Waals surface area contributed by atoms with Crippen LogP contribution in [0.2, 0.25) is 0 Å². The minimum absolute atomic E-state index is 0.153. The summed E-state index contributed by atoms with van der Waals surface area (Å²) in [5.74, 6) is -0.153. The molecular formula is C17H24N2O4. The first-order valence-corrected chi connectivity index (χ1v) is 8.12. The van der Waals surface area contributed by atoms with Crippen LogP contribution in [0, 0.1) is 6.92 Å². The van der Waals surface area contributed by atoms with E-state index in [0.29, 0.717) is 13.2 Å². The molecule has 1 N–H and O–H groups in total. The van der Waals surface area contributed by atoms with Gasteiger partial charge in [0.15, 0.2) is 6.10 Å². The van der Waals surface area contributed by atoms with Gasteiger partial charge in [0.2, 0.25) is 0 Å². The first-order chi connectivity index (χ1) is 11.1. The number of aryl methyl sites for hydroxylation is 1. The van der Waals surface area contributed by atoms with Crippen molar-refractivity contribution in [3.05, 3.63) is 23.8 Å². The maximum absolute atomic E-state index is 12.5. The molecule has 23 heavy (non-hydrogen) atoms. The first-order valence-electron chi connectivity index (χ1n) is 8.12. The van der Waals surface area contributed by atoms with E-state index >= 15 is 0 Å². The summed E-state index contributed by atoms with van der Waals surface area (Å²) in [6.45, 7) is 8.05. The topological polar surface area (TPSA) is 60.0 Å². The Morgan fingerprint density at radius 1 is 1.17 bits per heavy atom. The summed E-state index contributed by atoms with van der Waals surface area (Å²) in [4.78, 5) is 14.7. The smallest absolute Gasteiger partial charge is 0.256 e. The van der Waals surface area contributed by atoms with E-state index in [1.165, 1.54) is 0 Å². The van der Waals surface area contributed by atoms with Gasteiger partial charge in [0.05, 0.1) is 32.5 Å². The molecule has 2 aliphatic rings. The molecule has 2 heterocycles. The quantitative estimate of drug-likeness (QED) is 0.916. The molecule has 0 bridgehead atoms. The van der Waals surface area contributed by atoms with Crippen molar-refractivity contribution in [1.29, 1.82) is 0 Å². The number of nitrogens with one attached hydrogen (secondary N) is 1. The maximum Gasteiger partial charge on any atom is 0.256 e. The van der Waals surface area contributed by atoms with Crippen LogP contribution in [-0.4, -0.2) is 57.6 Å². The van der Waals surface area contributed by atoms with E-state index in [1.54, 1.807) is 0 Å². The number of amides is 1. The number of morpholine rings is 1. The number of anilines is 2. The van der Waals surface area contributed by atoms with Gasteiger partial charge in [-0.15, -0.1) is 0 Å². The summed E-state index contributed by atoms with van der Waals surface area (Å²) in [6.07, 6.45) is -0.790. The zero-order valence-electron chi connectivity index (χ0n) is 13.7. The van der Waals surface area contributed by atoms with Gasteiger partial charge in [0.25, 0.3) is 5.91 Å². The second-order valence-corrected chi connectivity index (χ2v) is 5.96. The van der Waals surface area contributed by atoms with Gasteiger partial charge < -0.3 is 24.4 Å². The molecular weight excluding hydrogens is 296 g/mol. The molecule has 2 aliphatic heterocycles. The average Bonchev–Trinajstić information content (AvgIpc) is 2.58. The van der Waals surface area contributed by atoms with Gasteiger partial charge in [-0.1, -0.05) is 6.07 Å². The van der Waals surface area contributed by atoms with Gasteiger partial charge in [0, 0.05) is 24.5 Å². The van der Waals surface area contributed by atoms with Crippen LogP contribution in [0.1, 0.15) is 12.5 Å². The summed E-state index contributed by atoms with van der Waals surface area (Å²) in [7, 11) is 0. The van der Waals surface area contributed by atoms with E-state index in [9.17, 15) is 4.79 Å². The molecule has 6 heteroatoms. The Hall–Kier alpha value is -1.63. The third-order valence-corrected chi connectivity index (χ3v) is 4.30. The zero-order valence-corrected chi connectivity index (χ0v) is 13.7. The molecule has 0 aliphatic carbocycles. The number of nitrogens with zero attached hydrogens (tertiary/aromatic N) is 1. The van der Waals surface area contributed by atoms with Gasteiger partial charge >= 0.3 is 0 Å². The summed E-state index contributed by atoms with van der Waals surface area (Å²) in [6, 6.07) is 6.13. The lowest BCUT2D eigenvalue weighted by molar-refractivity contribution is -0.157. The lowest BCUT2D eigenvalue weighted by Gasteiger charge is -2.30. The predicted molar refractivity (Wildman–Crippen MR) is 88.0 cm³/mol. The Balaban J connectivity index is 1.72. The Kier molecular flexibility index (Phi) is 5.15. The summed E-state index contributed by atoms with van der Waals surface area (Å²) in [5.41, 5.74) is 2.95. The third kappa shape index (κ3) is 3.83. The van der Waals surface area contributed by atoms with Crippen molar-refractivity contribution in [3.8, 4) is 0 Å². The second kappa shape index (κ2) is 7.29. The minimum atomic E-state index is -0.560. The van der Waals surface area contributed by atoms with Crippen LogP contribution in [0.5, 0.6) is 0 Å². The molecule has 0 spiro atoms. The van der Waals surface area contributed by atoms with E-state index in [4.69, 9.17) is 14.2 Å². The number of ether oxygens (including phenoxy) is 3. The third-order valence-electron chi connectivity index (χ3n) is 4.30. The lowest BCUT2D eigenvalue weighted by atomic mass is 10.1.